The van der Waals surface area contributed by atoms with Crippen LogP contribution < -0.4 is 20.9 Å². The van der Waals surface area contributed by atoms with Crippen molar-refractivity contribution in [3.05, 3.63) is 130 Å². The van der Waals surface area contributed by atoms with Gasteiger partial charge in [0.15, 0.2) is 5.13 Å². The third-order valence-electron chi connectivity index (χ3n) is 13.1. The van der Waals surface area contributed by atoms with Crippen LogP contribution in [0.5, 0.6) is 0 Å². The lowest BCUT2D eigenvalue weighted by atomic mass is 9.97. The van der Waals surface area contributed by atoms with Crippen LogP contribution in [0.1, 0.15) is 106 Å². The lowest BCUT2D eigenvalue weighted by molar-refractivity contribution is -0.128. The molecule has 1 aliphatic rings. The second-order valence-electron chi connectivity index (χ2n) is 18.4. The minimum absolute atomic E-state index is 0.00501. The molecule has 3 aromatic carbocycles. The summed E-state index contributed by atoms with van der Waals surface area (Å²) in [5, 5.41) is 21.7. The molecule has 3 atom stereocenters. The summed E-state index contributed by atoms with van der Waals surface area (Å²) in [4.78, 5) is 74.1. The monoisotopic (exact) mass is 1000 g/mol. The first-order valence-electron chi connectivity index (χ1n) is 25.1. The molecule has 4 N–H and O–H groups in total. The van der Waals surface area contributed by atoms with Crippen LogP contribution >= 0.6 is 11.3 Å². The normalized spacial score (nSPS) is 14.4. The van der Waals surface area contributed by atoms with Gasteiger partial charge < -0.3 is 25.5 Å². The zero-order valence-electron chi connectivity index (χ0n) is 42.6. The maximum absolute atomic E-state index is 14.5. The van der Waals surface area contributed by atoms with Crippen LogP contribution in [0.4, 0.5) is 20.9 Å². The Hall–Kier alpha value is -6.65. The number of hydrogen-bond acceptors (Lipinski definition) is 11. The Morgan fingerprint density at radius 1 is 0.931 bits per heavy atom. The van der Waals surface area contributed by atoms with Gasteiger partial charge in [0.1, 0.15) is 18.0 Å². The van der Waals surface area contributed by atoms with Crippen LogP contribution in [0.15, 0.2) is 108 Å². The van der Waals surface area contributed by atoms with Gasteiger partial charge in [-0.3, -0.25) is 39.1 Å². The minimum Gasteiger partial charge on any atom is -0.508 e. The molecule has 16 heteroatoms. The number of aryl methyl sites for hydroxylation is 1. The predicted molar refractivity (Wildman–Crippen MR) is 288 cm³/mol. The van der Waals surface area contributed by atoms with E-state index in [4.69, 9.17) is 0 Å². The predicted octanol–water partition coefficient (Wildman–Crippen LogP) is 10.1. The standard InChI is InChI=1S/C56H73FN8O6S/c1-7-15-52(69)50(35-41(3)57)53(54(70)61-56-59-27-33-72-56)64(38-67)36-47-21-20-46(34-40(47)2)45-22-24-48(25-23-45)63-31-29-62(30-32-63)28-13-11-9-8-10-12-26-58-51-17-14-16-49(44(51)6)55(71)65(39-68)43(5)19-18-42(4)60-37-66/h14-17,20-25,27,33-35,37-39,41,43,53,58,69H,4,7-13,18-19,26,28-32,36H2,1-3,5-6H3,(H,60,66)(H,59,61,70)/b50-35+,52-15+. The number of alkyl halides is 1. The molecule has 386 valence electrons. The summed E-state index contributed by atoms with van der Waals surface area (Å²) in [6.07, 6.45) is 12.7. The molecule has 72 heavy (non-hydrogen) atoms. The molecular formula is C56H73FN8O6S. The van der Waals surface area contributed by atoms with Crippen molar-refractivity contribution in [2.45, 2.75) is 117 Å². The lowest BCUT2D eigenvalue weighted by Gasteiger charge is -2.36. The maximum Gasteiger partial charge on any atom is 0.260 e. The summed E-state index contributed by atoms with van der Waals surface area (Å²) in [6, 6.07) is 18.5. The number of carbonyl (C=O) groups is 5. The molecule has 3 unspecified atom stereocenters. The van der Waals surface area contributed by atoms with Gasteiger partial charge in [0.2, 0.25) is 19.2 Å². The Kier molecular flexibility index (Phi) is 22.7. The number of benzene rings is 3. The van der Waals surface area contributed by atoms with Crippen molar-refractivity contribution < 1.29 is 33.5 Å². The molecule has 14 nitrogen and oxygen atoms in total. The van der Waals surface area contributed by atoms with Crippen molar-refractivity contribution in [1.82, 2.24) is 25.0 Å². The highest BCUT2D eigenvalue weighted by atomic mass is 32.1. The van der Waals surface area contributed by atoms with E-state index in [-0.39, 0.29) is 29.8 Å². The molecule has 4 aromatic rings. The highest BCUT2D eigenvalue weighted by Crippen LogP contribution is 2.29. The van der Waals surface area contributed by atoms with E-state index in [2.05, 4.69) is 67.6 Å². The van der Waals surface area contributed by atoms with Crippen molar-refractivity contribution in [2.75, 3.05) is 54.8 Å². The zero-order valence-corrected chi connectivity index (χ0v) is 43.4. The molecular weight excluding hydrogens is 932 g/mol. The van der Waals surface area contributed by atoms with Crippen LogP contribution in [0.2, 0.25) is 0 Å². The van der Waals surface area contributed by atoms with Gasteiger partial charge in [0.05, 0.1) is 0 Å². The van der Waals surface area contributed by atoms with E-state index in [1.807, 2.05) is 52.0 Å². The van der Waals surface area contributed by atoms with E-state index in [1.54, 1.807) is 17.6 Å². The van der Waals surface area contributed by atoms with E-state index < -0.39 is 18.1 Å². The number of carbonyl (C=O) groups excluding carboxylic acids is 5. The van der Waals surface area contributed by atoms with Crippen molar-refractivity contribution in [1.29, 1.82) is 0 Å². The van der Waals surface area contributed by atoms with Crippen molar-refractivity contribution >= 4 is 58.9 Å². The average molecular weight is 1010 g/mol. The fourth-order valence-corrected chi connectivity index (χ4v) is 9.49. The second-order valence-corrected chi connectivity index (χ2v) is 19.3. The molecule has 1 saturated heterocycles. The number of aliphatic hydroxyl groups excluding tert-OH is 1. The van der Waals surface area contributed by atoms with Gasteiger partial charge in [0, 0.05) is 85.1 Å². The van der Waals surface area contributed by atoms with Crippen molar-refractivity contribution in [3.8, 4) is 11.1 Å². The smallest absolute Gasteiger partial charge is 0.260 e. The number of aliphatic hydroxyl groups is 1. The molecule has 1 aromatic heterocycles. The first-order valence-corrected chi connectivity index (χ1v) is 26.0. The van der Waals surface area contributed by atoms with Gasteiger partial charge in [-0.25, -0.2) is 9.37 Å². The average Bonchev–Trinajstić information content (AvgIpc) is 3.89. The molecule has 0 bridgehead atoms. The molecule has 0 aliphatic carbocycles. The molecule has 0 radical (unpaired) electrons. The van der Waals surface area contributed by atoms with Gasteiger partial charge in [-0.05, 0) is 131 Å². The number of anilines is 3. The van der Waals surface area contributed by atoms with Gasteiger partial charge in [-0.15, -0.1) is 11.3 Å². The van der Waals surface area contributed by atoms with Gasteiger partial charge in [-0.1, -0.05) is 75.6 Å². The Labute approximate surface area is 429 Å². The molecule has 5 rings (SSSR count). The van der Waals surface area contributed by atoms with E-state index >= 15 is 0 Å². The number of thiazole rings is 1. The number of imide groups is 1. The topological polar surface area (TPSA) is 168 Å². The molecule has 2 heterocycles. The lowest BCUT2D eigenvalue weighted by Crippen LogP contribution is -2.46. The summed E-state index contributed by atoms with van der Waals surface area (Å²) >= 11 is 1.21. The highest BCUT2D eigenvalue weighted by Gasteiger charge is 2.33. The second kappa shape index (κ2) is 29.0. The molecule has 5 amide bonds. The summed E-state index contributed by atoms with van der Waals surface area (Å²) in [5.74, 6) is -1.22. The third kappa shape index (κ3) is 16.5. The van der Waals surface area contributed by atoms with E-state index in [9.17, 15) is 33.5 Å². The molecule has 0 spiro atoms. The Balaban J connectivity index is 1.03. The Bertz CT molecular complexity index is 2470. The van der Waals surface area contributed by atoms with Crippen LogP contribution in [-0.4, -0.2) is 113 Å². The maximum atomic E-state index is 14.5. The van der Waals surface area contributed by atoms with Crippen LogP contribution in [0, 0.1) is 13.8 Å². The van der Waals surface area contributed by atoms with E-state index in [0.717, 1.165) is 85.6 Å². The number of hydrogen-bond donors (Lipinski definition) is 4. The fraction of sp³-hybridized carbons (Fsp3) is 0.429. The number of aromatic nitrogens is 1. The number of unbranched alkanes of at least 4 members (excludes halogenated alkanes) is 5. The zero-order chi connectivity index (χ0) is 52.0. The number of nitrogens with one attached hydrogen (secondary N) is 3. The summed E-state index contributed by atoms with van der Waals surface area (Å²) in [7, 11) is 0. The van der Waals surface area contributed by atoms with E-state index in [1.165, 1.54) is 71.6 Å². The Morgan fingerprint density at radius 3 is 2.28 bits per heavy atom. The number of piperazine rings is 1. The van der Waals surface area contributed by atoms with Crippen LogP contribution in [-0.2, 0) is 25.7 Å². The van der Waals surface area contributed by atoms with Gasteiger partial charge >= 0.3 is 0 Å². The number of halogens is 1. The van der Waals surface area contributed by atoms with E-state index in [0.29, 0.717) is 54.9 Å². The number of rotatable bonds is 30. The van der Waals surface area contributed by atoms with Crippen LogP contribution in [0.3, 0.4) is 0 Å². The van der Waals surface area contributed by atoms with Crippen molar-refractivity contribution in [3.63, 3.8) is 0 Å². The summed E-state index contributed by atoms with van der Waals surface area (Å²) < 4.78 is 14.5. The number of allylic oxidation sites excluding steroid dienone is 3. The first-order chi connectivity index (χ1) is 34.8. The fourth-order valence-electron chi connectivity index (χ4n) is 8.96. The molecule has 1 aliphatic heterocycles. The number of nitrogens with zero attached hydrogens (tertiary/aromatic N) is 5. The summed E-state index contributed by atoms with van der Waals surface area (Å²) in [5.41, 5.74) is 7.71. The quantitative estimate of drug-likeness (QED) is 0.0171. The number of amides is 5. The van der Waals surface area contributed by atoms with Gasteiger partial charge in [0.25, 0.3) is 11.8 Å². The SMILES string of the molecule is C=C(CCC(C)N(C=O)C(=O)c1cccc(NCCCCCCCCN2CCN(c3ccc(-c4ccc(CN(C=O)C(C(=O)Nc5nccs5)C(=C/C(C)F)/C(O)=C\CC)c(C)c4)cc3)CC2)c1C)NC=O. The van der Waals surface area contributed by atoms with Crippen molar-refractivity contribution in [2.24, 2.45) is 0 Å². The third-order valence-corrected chi connectivity index (χ3v) is 13.8. The Morgan fingerprint density at radius 2 is 1.64 bits per heavy atom. The highest BCUT2D eigenvalue weighted by molar-refractivity contribution is 7.13. The molecule has 1 fully saturated rings. The first kappa shape index (κ1) is 56.3. The van der Waals surface area contributed by atoms with Gasteiger partial charge in [-0.2, -0.15) is 0 Å². The largest absolute Gasteiger partial charge is 0.508 e. The minimum atomic E-state index is -1.49. The summed E-state index contributed by atoms with van der Waals surface area (Å²) in [6.45, 7) is 18.5. The molecule has 0 saturated carbocycles. The van der Waals surface area contributed by atoms with Crippen LogP contribution in [0.25, 0.3) is 11.1 Å².